The van der Waals surface area contributed by atoms with Gasteiger partial charge in [0.25, 0.3) is 10.0 Å². The highest BCUT2D eigenvalue weighted by Crippen LogP contribution is 2.25. The molecule has 0 bridgehead atoms. The van der Waals surface area contributed by atoms with Gasteiger partial charge in [0.1, 0.15) is 11.9 Å². The van der Waals surface area contributed by atoms with Crippen LogP contribution in [-0.2, 0) is 16.6 Å². The molecule has 1 unspecified atom stereocenters. The van der Waals surface area contributed by atoms with Crippen LogP contribution in [0.3, 0.4) is 0 Å². The molecule has 7 nitrogen and oxygen atoms in total. The molecule has 2 heterocycles. The highest BCUT2D eigenvalue weighted by molar-refractivity contribution is 7.89. The molecule has 11 heteroatoms. The average molecular weight is 369 g/mol. The number of imidazole rings is 1. The fourth-order valence-electron chi connectivity index (χ4n) is 2.64. The first-order valence-electron chi connectivity index (χ1n) is 7.70. The summed E-state index contributed by atoms with van der Waals surface area (Å²) in [4.78, 5) is 5.16. The van der Waals surface area contributed by atoms with Gasteiger partial charge in [-0.2, -0.15) is 13.2 Å². The van der Waals surface area contributed by atoms with Crippen molar-refractivity contribution in [1.82, 2.24) is 24.5 Å². The van der Waals surface area contributed by atoms with Crippen LogP contribution in [0.15, 0.2) is 11.2 Å². The van der Waals surface area contributed by atoms with Crippen molar-refractivity contribution in [3.8, 4) is 0 Å². The predicted octanol–water partition coefficient (Wildman–Crippen LogP) is 0.326. The van der Waals surface area contributed by atoms with E-state index in [1.54, 1.807) is 11.5 Å². The molecule has 1 fully saturated rings. The summed E-state index contributed by atoms with van der Waals surface area (Å²) in [7, 11) is -4.09. The third-order valence-corrected chi connectivity index (χ3v) is 5.30. The molecule has 0 radical (unpaired) electrons. The highest BCUT2D eigenvalue weighted by Gasteiger charge is 2.44. The van der Waals surface area contributed by atoms with Gasteiger partial charge in [-0.25, -0.2) is 18.1 Å². The Morgan fingerprint density at radius 2 is 2.00 bits per heavy atom. The van der Waals surface area contributed by atoms with Crippen LogP contribution in [0.2, 0.25) is 0 Å². The van der Waals surface area contributed by atoms with Gasteiger partial charge in [0.05, 0.1) is 0 Å². The third kappa shape index (κ3) is 4.47. The van der Waals surface area contributed by atoms with Gasteiger partial charge < -0.3 is 9.88 Å². The second-order valence-corrected chi connectivity index (χ2v) is 7.32. The van der Waals surface area contributed by atoms with E-state index in [-0.39, 0.29) is 18.1 Å². The van der Waals surface area contributed by atoms with Gasteiger partial charge in [-0.1, -0.05) is 0 Å². The van der Waals surface area contributed by atoms with Gasteiger partial charge in [0.15, 0.2) is 5.03 Å². The van der Waals surface area contributed by atoms with Crippen LogP contribution < -0.4 is 10.0 Å². The van der Waals surface area contributed by atoms with Crippen LogP contribution in [0.5, 0.6) is 0 Å². The van der Waals surface area contributed by atoms with E-state index in [0.29, 0.717) is 25.5 Å². The molecule has 1 aliphatic heterocycles. The molecular formula is C13H22F3N5O2S. The van der Waals surface area contributed by atoms with Gasteiger partial charge >= 0.3 is 6.18 Å². The minimum absolute atomic E-state index is 0.218. The number of hydrogen-bond acceptors (Lipinski definition) is 5. The van der Waals surface area contributed by atoms with E-state index >= 15 is 0 Å². The molecule has 0 saturated carbocycles. The minimum Gasteiger partial charge on any atom is -0.334 e. The summed E-state index contributed by atoms with van der Waals surface area (Å²) in [5.74, 6) is 0.493. The van der Waals surface area contributed by atoms with E-state index in [4.69, 9.17) is 0 Å². The van der Waals surface area contributed by atoms with Crippen molar-refractivity contribution in [2.24, 2.45) is 0 Å². The molecule has 1 aliphatic rings. The lowest BCUT2D eigenvalue weighted by Gasteiger charge is -2.35. The number of aromatic nitrogens is 2. The first kappa shape index (κ1) is 19.2. The van der Waals surface area contributed by atoms with Crippen LogP contribution in [0.4, 0.5) is 13.2 Å². The summed E-state index contributed by atoms with van der Waals surface area (Å²) in [6, 6.07) is -1.86. The Hall–Kier alpha value is -1.17. The Balaban J connectivity index is 2.12. The van der Waals surface area contributed by atoms with Crippen LogP contribution in [0.1, 0.15) is 12.7 Å². The van der Waals surface area contributed by atoms with Crippen LogP contribution in [0.25, 0.3) is 0 Å². The van der Waals surface area contributed by atoms with Crippen LogP contribution >= 0.6 is 0 Å². The van der Waals surface area contributed by atoms with Gasteiger partial charge in [-0.15, -0.1) is 0 Å². The summed E-state index contributed by atoms with van der Waals surface area (Å²) in [5, 5.41) is 2.71. The summed E-state index contributed by atoms with van der Waals surface area (Å²) >= 11 is 0. The Bertz CT molecular complexity index is 653. The average Bonchev–Trinajstić information content (AvgIpc) is 2.89. The normalized spacial score (nSPS) is 18.7. The third-order valence-electron chi connectivity index (χ3n) is 4.01. The predicted molar refractivity (Wildman–Crippen MR) is 82.1 cm³/mol. The Labute approximate surface area is 139 Å². The number of piperazine rings is 1. The zero-order chi connectivity index (χ0) is 18.0. The fraction of sp³-hybridized carbons (Fsp3) is 0.769. The molecule has 2 N–H and O–H groups in total. The van der Waals surface area contributed by atoms with E-state index in [1.165, 1.54) is 11.1 Å². The lowest BCUT2D eigenvalue weighted by Crippen LogP contribution is -2.57. The second-order valence-electron chi connectivity index (χ2n) is 5.61. The Morgan fingerprint density at radius 1 is 1.38 bits per heavy atom. The molecule has 138 valence electrons. The first-order chi connectivity index (χ1) is 11.1. The van der Waals surface area contributed by atoms with Gasteiger partial charge in [0, 0.05) is 45.5 Å². The lowest BCUT2D eigenvalue weighted by molar-refractivity contribution is -0.182. The zero-order valence-corrected chi connectivity index (χ0v) is 14.4. The number of halogens is 3. The van der Waals surface area contributed by atoms with Crippen molar-refractivity contribution >= 4 is 10.0 Å². The van der Waals surface area contributed by atoms with Gasteiger partial charge in [0.2, 0.25) is 0 Å². The van der Waals surface area contributed by atoms with Gasteiger partial charge in [-0.05, 0) is 13.8 Å². The maximum atomic E-state index is 13.3. The molecule has 0 aromatic carbocycles. The SMILES string of the molecule is CCn1cc(S(=O)(=O)NCC(N2CCNCC2)C(F)(F)F)nc1C. The Kier molecular flexibility index (Phi) is 5.89. The second kappa shape index (κ2) is 7.38. The number of alkyl halides is 3. The van der Waals surface area contributed by atoms with E-state index in [9.17, 15) is 21.6 Å². The summed E-state index contributed by atoms with van der Waals surface area (Å²) < 4.78 is 68.0. The van der Waals surface area contributed by atoms with E-state index < -0.39 is 28.8 Å². The molecule has 0 aliphatic carbocycles. The fourth-order valence-corrected chi connectivity index (χ4v) is 3.68. The number of sulfonamides is 1. The number of rotatable bonds is 6. The molecular weight excluding hydrogens is 347 g/mol. The molecule has 0 amide bonds. The monoisotopic (exact) mass is 369 g/mol. The largest absolute Gasteiger partial charge is 0.405 e. The number of nitrogens with one attached hydrogen (secondary N) is 2. The van der Waals surface area contributed by atoms with Crippen molar-refractivity contribution in [3.05, 3.63) is 12.0 Å². The molecule has 1 aromatic rings. The van der Waals surface area contributed by atoms with Crippen molar-refractivity contribution in [3.63, 3.8) is 0 Å². The quantitative estimate of drug-likeness (QED) is 0.755. The van der Waals surface area contributed by atoms with Crippen molar-refractivity contribution in [1.29, 1.82) is 0 Å². The highest BCUT2D eigenvalue weighted by atomic mass is 32.2. The summed E-state index contributed by atoms with van der Waals surface area (Å²) in [6.07, 6.45) is -3.19. The first-order valence-corrected chi connectivity index (χ1v) is 9.18. The maximum absolute atomic E-state index is 13.3. The molecule has 24 heavy (non-hydrogen) atoms. The summed E-state index contributed by atoms with van der Waals surface area (Å²) in [5.41, 5.74) is 0. The van der Waals surface area contributed by atoms with Crippen molar-refractivity contribution in [2.75, 3.05) is 32.7 Å². The van der Waals surface area contributed by atoms with Crippen LogP contribution in [0, 0.1) is 6.92 Å². The number of aryl methyl sites for hydroxylation is 2. The summed E-state index contributed by atoms with van der Waals surface area (Å²) in [6.45, 7) is 4.58. The Morgan fingerprint density at radius 3 is 2.50 bits per heavy atom. The maximum Gasteiger partial charge on any atom is 0.405 e. The van der Waals surface area contributed by atoms with Crippen LogP contribution in [-0.4, -0.2) is 67.8 Å². The van der Waals surface area contributed by atoms with E-state index in [2.05, 4.69) is 15.0 Å². The van der Waals surface area contributed by atoms with Crippen molar-refractivity contribution < 1.29 is 21.6 Å². The van der Waals surface area contributed by atoms with Crippen molar-refractivity contribution in [2.45, 2.75) is 37.6 Å². The zero-order valence-electron chi connectivity index (χ0n) is 13.6. The molecule has 1 aromatic heterocycles. The lowest BCUT2D eigenvalue weighted by atomic mass is 10.2. The van der Waals surface area contributed by atoms with E-state index in [0.717, 1.165) is 0 Å². The molecule has 2 rings (SSSR count). The van der Waals surface area contributed by atoms with Gasteiger partial charge in [-0.3, -0.25) is 4.90 Å². The molecule has 1 saturated heterocycles. The molecule has 0 spiro atoms. The number of nitrogens with zero attached hydrogens (tertiary/aromatic N) is 3. The topological polar surface area (TPSA) is 79.3 Å². The molecule has 1 atom stereocenters. The smallest absolute Gasteiger partial charge is 0.334 e. The van der Waals surface area contributed by atoms with E-state index in [1.807, 2.05) is 6.92 Å². The standard InChI is InChI=1S/C13H22F3N5O2S/c1-3-20-9-12(19-10(20)2)24(22,23)18-8-11(13(14,15)16)21-6-4-17-5-7-21/h9,11,17-18H,3-8H2,1-2H3. The number of hydrogen-bond donors (Lipinski definition) is 2. The minimum atomic E-state index is -4.52.